The van der Waals surface area contributed by atoms with Crippen molar-refractivity contribution in [1.82, 2.24) is 0 Å². The number of hydrogen-bond acceptors (Lipinski definition) is 1. The molecule has 0 aromatic carbocycles. The van der Waals surface area contributed by atoms with E-state index in [1.807, 2.05) is 6.21 Å². The fourth-order valence-electron chi connectivity index (χ4n) is 1.44. The molecule has 0 radical (unpaired) electrons. The maximum atomic E-state index is 3.99. The van der Waals surface area contributed by atoms with Crippen LogP contribution in [0, 0.1) is 11.8 Å². The van der Waals surface area contributed by atoms with Gasteiger partial charge in [-0.25, -0.2) is 0 Å². The summed E-state index contributed by atoms with van der Waals surface area (Å²) in [5, 5.41) is 0. The minimum absolute atomic E-state index is 0.537. The zero-order valence-electron chi connectivity index (χ0n) is 11.3. The number of hydrogen-bond donors (Lipinski definition) is 0. The predicted octanol–water partition coefficient (Wildman–Crippen LogP) is 4.43. The highest BCUT2D eigenvalue weighted by atomic mass is 14.6. The molecule has 1 nitrogen and oxygen atoms in total. The lowest BCUT2D eigenvalue weighted by Crippen LogP contribution is -1.90. The van der Waals surface area contributed by atoms with E-state index in [1.54, 1.807) is 7.05 Å². The van der Waals surface area contributed by atoms with E-state index in [0.29, 0.717) is 11.8 Å². The molecule has 0 saturated carbocycles. The molecular formula is C15H25N. The SMILES string of the molecule is CC=CC(C)C=CC(C)C/C=C(C)/C=N\C. The van der Waals surface area contributed by atoms with Crippen molar-refractivity contribution < 1.29 is 0 Å². The van der Waals surface area contributed by atoms with Crippen LogP contribution < -0.4 is 0 Å². The third kappa shape index (κ3) is 8.22. The van der Waals surface area contributed by atoms with Crippen LogP contribution >= 0.6 is 0 Å². The lowest BCUT2D eigenvalue weighted by Gasteiger charge is -2.04. The predicted molar refractivity (Wildman–Crippen MR) is 75.1 cm³/mol. The Balaban J connectivity index is 4.08. The maximum Gasteiger partial charge on any atom is 0.0277 e. The van der Waals surface area contributed by atoms with Gasteiger partial charge in [-0.15, -0.1) is 0 Å². The van der Waals surface area contributed by atoms with Crippen molar-refractivity contribution in [3.8, 4) is 0 Å². The van der Waals surface area contributed by atoms with Crippen molar-refractivity contribution in [2.75, 3.05) is 7.05 Å². The Labute approximate surface area is 101 Å². The Morgan fingerprint density at radius 1 is 1.19 bits per heavy atom. The molecule has 0 bridgehead atoms. The number of allylic oxidation sites excluding steroid dienone is 6. The Kier molecular flexibility index (Phi) is 8.51. The lowest BCUT2D eigenvalue weighted by molar-refractivity contribution is 0.732. The van der Waals surface area contributed by atoms with Gasteiger partial charge in [0.1, 0.15) is 0 Å². The highest BCUT2D eigenvalue weighted by Crippen LogP contribution is 2.09. The van der Waals surface area contributed by atoms with E-state index in [4.69, 9.17) is 0 Å². The lowest BCUT2D eigenvalue weighted by atomic mass is 10.0. The zero-order chi connectivity index (χ0) is 12.4. The molecule has 0 aliphatic carbocycles. The quantitative estimate of drug-likeness (QED) is 0.463. The van der Waals surface area contributed by atoms with Gasteiger partial charge in [0.15, 0.2) is 0 Å². The summed E-state index contributed by atoms with van der Waals surface area (Å²) in [7, 11) is 1.80. The first-order valence-electron chi connectivity index (χ1n) is 6.00. The minimum atomic E-state index is 0.537. The van der Waals surface area contributed by atoms with Gasteiger partial charge in [-0.3, -0.25) is 4.99 Å². The highest BCUT2D eigenvalue weighted by Gasteiger charge is 1.95. The smallest absolute Gasteiger partial charge is 0.0277 e. The molecule has 1 heteroatoms. The molecule has 0 fully saturated rings. The molecule has 16 heavy (non-hydrogen) atoms. The summed E-state index contributed by atoms with van der Waals surface area (Å²) in [6.45, 7) is 8.59. The summed E-state index contributed by atoms with van der Waals surface area (Å²) in [6, 6.07) is 0. The molecule has 0 N–H and O–H groups in total. The molecule has 2 atom stereocenters. The second-order valence-corrected chi connectivity index (χ2v) is 4.32. The number of rotatable bonds is 6. The summed E-state index contributed by atoms with van der Waals surface area (Å²) < 4.78 is 0. The standard InChI is InChI=1S/C15H25N/c1-6-7-13(2)8-9-14(3)10-11-15(4)12-16-5/h6-9,11-14H,10H2,1-5H3/b7-6?,9-8?,15-11+,16-12-. The van der Waals surface area contributed by atoms with Gasteiger partial charge in [-0.2, -0.15) is 0 Å². The van der Waals surface area contributed by atoms with Crippen molar-refractivity contribution >= 4 is 6.21 Å². The van der Waals surface area contributed by atoms with E-state index in [0.717, 1.165) is 6.42 Å². The fourth-order valence-corrected chi connectivity index (χ4v) is 1.44. The molecule has 0 aromatic rings. The van der Waals surface area contributed by atoms with Crippen LogP contribution in [0.1, 0.15) is 34.1 Å². The summed E-state index contributed by atoms with van der Waals surface area (Å²) >= 11 is 0. The Morgan fingerprint density at radius 3 is 2.44 bits per heavy atom. The van der Waals surface area contributed by atoms with Gasteiger partial charge >= 0.3 is 0 Å². The first-order chi connectivity index (χ1) is 7.60. The van der Waals surface area contributed by atoms with Crippen LogP contribution in [-0.4, -0.2) is 13.3 Å². The van der Waals surface area contributed by atoms with Gasteiger partial charge in [0.05, 0.1) is 0 Å². The number of aliphatic imine (C=N–C) groups is 1. The van der Waals surface area contributed by atoms with Gasteiger partial charge in [0, 0.05) is 13.3 Å². The number of nitrogens with zero attached hydrogens (tertiary/aromatic N) is 1. The van der Waals surface area contributed by atoms with E-state index in [1.165, 1.54) is 5.57 Å². The second-order valence-electron chi connectivity index (χ2n) is 4.32. The molecule has 2 unspecified atom stereocenters. The summed E-state index contributed by atoms with van der Waals surface area (Å²) in [6.07, 6.45) is 14.1. The Morgan fingerprint density at radius 2 is 1.88 bits per heavy atom. The molecule has 0 aliphatic heterocycles. The van der Waals surface area contributed by atoms with E-state index < -0.39 is 0 Å². The third-order valence-electron chi connectivity index (χ3n) is 2.38. The van der Waals surface area contributed by atoms with Crippen molar-refractivity contribution in [2.24, 2.45) is 16.8 Å². The molecule has 0 aromatic heterocycles. The maximum absolute atomic E-state index is 3.99. The largest absolute Gasteiger partial charge is 0.296 e. The zero-order valence-corrected chi connectivity index (χ0v) is 11.3. The monoisotopic (exact) mass is 219 g/mol. The normalized spacial score (nSPS) is 17.7. The summed E-state index contributed by atoms with van der Waals surface area (Å²) in [5.74, 6) is 1.13. The molecular weight excluding hydrogens is 194 g/mol. The average Bonchev–Trinajstić information content (AvgIpc) is 2.24. The van der Waals surface area contributed by atoms with Crippen molar-refractivity contribution in [1.29, 1.82) is 0 Å². The van der Waals surface area contributed by atoms with Gasteiger partial charge in [0.25, 0.3) is 0 Å². The molecule has 0 saturated heterocycles. The first-order valence-corrected chi connectivity index (χ1v) is 6.00. The third-order valence-corrected chi connectivity index (χ3v) is 2.38. The summed E-state index contributed by atoms with van der Waals surface area (Å²) in [4.78, 5) is 3.99. The van der Waals surface area contributed by atoms with Crippen LogP contribution in [0.5, 0.6) is 0 Å². The highest BCUT2D eigenvalue weighted by molar-refractivity contribution is 5.77. The Bertz CT molecular complexity index is 282. The average molecular weight is 219 g/mol. The van der Waals surface area contributed by atoms with Crippen LogP contribution in [0.3, 0.4) is 0 Å². The van der Waals surface area contributed by atoms with E-state index >= 15 is 0 Å². The van der Waals surface area contributed by atoms with Gasteiger partial charge < -0.3 is 0 Å². The molecule has 0 heterocycles. The van der Waals surface area contributed by atoms with Crippen LogP contribution in [-0.2, 0) is 0 Å². The van der Waals surface area contributed by atoms with Crippen LogP contribution in [0.2, 0.25) is 0 Å². The van der Waals surface area contributed by atoms with Crippen molar-refractivity contribution in [3.05, 3.63) is 36.0 Å². The van der Waals surface area contributed by atoms with Crippen molar-refractivity contribution in [3.63, 3.8) is 0 Å². The van der Waals surface area contributed by atoms with E-state index in [-0.39, 0.29) is 0 Å². The van der Waals surface area contributed by atoms with Crippen LogP contribution in [0.15, 0.2) is 40.9 Å². The minimum Gasteiger partial charge on any atom is -0.296 e. The Hall–Kier alpha value is -1.11. The van der Waals surface area contributed by atoms with E-state index in [9.17, 15) is 0 Å². The molecule has 0 rings (SSSR count). The molecule has 90 valence electrons. The van der Waals surface area contributed by atoms with Gasteiger partial charge in [-0.1, -0.05) is 44.2 Å². The van der Waals surface area contributed by atoms with Gasteiger partial charge in [0.2, 0.25) is 0 Å². The van der Waals surface area contributed by atoms with Crippen molar-refractivity contribution in [2.45, 2.75) is 34.1 Å². The molecule has 0 aliphatic rings. The van der Waals surface area contributed by atoms with Gasteiger partial charge in [-0.05, 0) is 37.7 Å². The summed E-state index contributed by atoms with van der Waals surface area (Å²) in [5.41, 5.74) is 1.24. The molecule has 0 spiro atoms. The fraction of sp³-hybridized carbons (Fsp3) is 0.533. The molecule has 0 amide bonds. The van der Waals surface area contributed by atoms with E-state index in [2.05, 4.69) is 63.1 Å². The second kappa shape index (κ2) is 9.14. The van der Waals surface area contributed by atoms with Crippen LogP contribution in [0.25, 0.3) is 0 Å². The van der Waals surface area contributed by atoms with Crippen LogP contribution in [0.4, 0.5) is 0 Å². The topological polar surface area (TPSA) is 12.4 Å². The first kappa shape index (κ1) is 14.9.